The Kier molecular flexibility index (Phi) is 7.56. The number of carbonyl (C=O) groups is 2. The molecule has 1 aliphatic carbocycles. The Hall–Kier alpha value is -1.90. The molecule has 0 bridgehead atoms. The van der Waals surface area contributed by atoms with Crippen molar-refractivity contribution >= 4 is 29.1 Å². The van der Waals surface area contributed by atoms with Crippen LogP contribution in [-0.2, 0) is 9.59 Å². The second-order valence-corrected chi connectivity index (χ2v) is 11.0. The van der Waals surface area contributed by atoms with Gasteiger partial charge in [-0.2, -0.15) is 0 Å². The van der Waals surface area contributed by atoms with E-state index >= 15 is 0 Å². The fraction of sp³-hybridized carbons (Fsp3) is 0.615. The number of benzene rings is 1. The third-order valence-electron chi connectivity index (χ3n) is 7.76. The minimum Gasteiger partial charge on any atom is -0.353 e. The lowest BCUT2D eigenvalue weighted by atomic mass is 9.92. The number of likely N-dealkylation sites (tertiary alicyclic amines) is 1. The van der Waals surface area contributed by atoms with Crippen LogP contribution in [0.15, 0.2) is 29.7 Å². The largest absolute Gasteiger partial charge is 0.353 e. The highest BCUT2D eigenvalue weighted by Crippen LogP contribution is 2.39. The molecule has 3 N–H and O–H groups in total. The van der Waals surface area contributed by atoms with Gasteiger partial charge in [-0.15, -0.1) is 11.8 Å². The minimum atomic E-state index is -0.308. The van der Waals surface area contributed by atoms with Crippen LogP contribution in [0.2, 0.25) is 0 Å². The molecule has 5 rings (SSSR count). The second-order valence-electron chi connectivity index (χ2n) is 10.0. The van der Waals surface area contributed by atoms with Gasteiger partial charge in [-0.05, 0) is 42.7 Å². The van der Waals surface area contributed by atoms with Crippen LogP contribution in [0.5, 0.6) is 0 Å². The summed E-state index contributed by atoms with van der Waals surface area (Å²) in [4.78, 5) is 28.0. The number of carbonyl (C=O) groups excluding carboxylic acids is 2. The Morgan fingerprint density at radius 2 is 1.74 bits per heavy atom. The van der Waals surface area contributed by atoms with Crippen molar-refractivity contribution in [3.05, 3.63) is 41.1 Å². The summed E-state index contributed by atoms with van der Waals surface area (Å²) in [5.74, 6) is -0.0616. The van der Waals surface area contributed by atoms with Crippen molar-refractivity contribution in [2.24, 2.45) is 5.92 Å². The maximum atomic E-state index is 14.5. The number of hydrogen-bond donors (Lipinski definition) is 3. The Morgan fingerprint density at radius 3 is 2.47 bits per heavy atom. The molecule has 0 radical (unpaired) electrons. The number of nitrogens with zero attached hydrogens (tertiary/aromatic N) is 1. The van der Waals surface area contributed by atoms with Gasteiger partial charge in [0.15, 0.2) is 0 Å². The first-order valence-corrected chi connectivity index (χ1v) is 13.8. The topological polar surface area (TPSA) is 73.5 Å². The summed E-state index contributed by atoms with van der Waals surface area (Å²) in [6.45, 7) is 1.48. The average molecular weight is 487 g/mol. The molecule has 34 heavy (non-hydrogen) atoms. The molecule has 1 aromatic carbocycles. The van der Waals surface area contributed by atoms with Gasteiger partial charge in [0, 0.05) is 30.6 Å². The van der Waals surface area contributed by atoms with E-state index < -0.39 is 0 Å². The molecule has 3 unspecified atom stereocenters. The Balaban J connectivity index is 1.17. The second kappa shape index (κ2) is 10.8. The lowest BCUT2D eigenvalue weighted by molar-refractivity contribution is -0.130. The molecule has 0 aromatic heterocycles. The summed E-state index contributed by atoms with van der Waals surface area (Å²) in [5, 5.41) is 11.6. The molecule has 3 atom stereocenters. The molecule has 0 spiro atoms. The Labute approximate surface area is 205 Å². The third-order valence-corrected chi connectivity index (χ3v) is 8.93. The smallest absolute Gasteiger partial charge is 0.237 e. The van der Waals surface area contributed by atoms with Gasteiger partial charge >= 0.3 is 0 Å². The molecule has 3 heterocycles. The first-order chi connectivity index (χ1) is 16.6. The molecule has 1 saturated carbocycles. The van der Waals surface area contributed by atoms with E-state index in [0.29, 0.717) is 11.6 Å². The van der Waals surface area contributed by atoms with Gasteiger partial charge in [0.05, 0.1) is 6.04 Å². The van der Waals surface area contributed by atoms with E-state index in [2.05, 4.69) is 20.9 Å². The van der Waals surface area contributed by atoms with Gasteiger partial charge in [-0.25, -0.2) is 4.39 Å². The number of thioether (sulfide) groups is 1. The summed E-state index contributed by atoms with van der Waals surface area (Å²) in [7, 11) is 0. The van der Waals surface area contributed by atoms with Crippen LogP contribution in [0, 0.1) is 11.7 Å². The lowest BCUT2D eigenvalue weighted by Gasteiger charge is -2.43. The molecule has 2 amide bonds. The van der Waals surface area contributed by atoms with E-state index in [-0.39, 0.29) is 41.1 Å². The molecular weight excluding hydrogens is 451 g/mol. The normalized spacial score (nSPS) is 29.5. The first-order valence-electron chi connectivity index (χ1n) is 12.8. The number of halogens is 1. The maximum absolute atomic E-state index is 14.5. The molecule has 3 fully saturated rings. The van der Waals surface area contributed by atoms with Crippen LogP contribution >= 0.6 is 11.8 Å². The zero-order valence-corrected chi connectivity index (χ0v) is 20.4. The van der Waals surface area contributed by atoms with Gasteiger partial charge in [-0.3, -0.25) is 19.8 Å². The van der Waals surface area contributed by atoms with E-state index in [1.807, 2.05) is 11.5 Å². The zero-order valence-electron chi connectivity index (χ0n) is 19.6. The first kappa shape index (κ1) is 23.8. The van der Waals surface area contributed by atoms with Crippen molar-refractivity contribution in [2.75, 3.05) is 13.1 Å². The molecule has 6 nitrogen and oxygen atoms in total. The average Bonchev–Trinajstić information content (AvgIpc) is 3.25. The molecular formula is C26H35FN4O2S. The highest BCUT2D eigenvalue weighted by molar-refractivity contribution is 8.04. The van der Waals surface area contributed by atoms with Crippen LogP contribution in [0.25, 0.3) is 5.57 Å². The van der Waals surface area contributed by atoms with Crippen molar-refractivity contribution < 1.29 is 14.0 Å². The molecule has 4 aliphatic rings. The predicted molar refractivity (Wildman–Crippen MR) is 133 cm³/mol. The van der Waals surface area contributed by atoms with E-state index in [1.54, 1.807) is 12.1 Å². The maximum Gasteiger partial charge on any atom is 0.237 e. The SMILES string of the molecule is O=C(NC1CCCCCCC1)C1CCN(C2NC(=O)C3SC=C(c4ccccc4F)C3N2)CC1. The van der Waals surface area contributed by atoms with Crippen molar-refractivity contribution in [3.8, 4) is 0 Å². The van der Waals surface area contributed by atoms with Gasteiger partial charge < -0.3 is 10.6 Å². The van der Waals surface area contributed by atoms with Crippen LogP contribution in [0.4, 0.5) is 4.39 Å². The van der Waals surface area contributed by atoms with Crippen LogP contribution in [0.1, 0.15) is 63.4 Å². The third kappa shape index (κ3) is 5.19. The number of nitrogens with one attached hydrogen (secondary N) is 3. The highest BCUT2D eigenvalue weighted by atomic mass is 32.2. The number of fused-ring (bicyclic) bond motifs is 1. The summed E-state index contributed by atoms with van der Waals surface area (Å²) in [5.41, 5.74) is 1.38. The Bertz CT molecular complexity index is 925. The van der Waals surface area contributed by atoms with E-state index in [4.69, 9.17) is 0 Å². The van der Waals surface area contributed by atoms with Gasteiger partial charge in [0.2, 0.25) is 11.8 Å². The van der Waals surface area contributed by atoms with Crippen LogP contribution < -0.4 is 16.0 Å². The van der Waals surface area contributed by atoms with Crippen molar-refractivity contribution in [3.63, 3.8) is 0 Å². The van der Waals surface area contributed by atoms with Gasteiger partial charge in [0.25, 0.3) is 0 Å². The number of rotatable bonds is 4. The van der Waals surface area contributed by atoms with Crippen molar-refractivity contribution in [2.45, 2.75) is 81.4 Å². The number of piperidine rings is 1. The van der Waals surface area contributed by atoms with E-state index in [1.165, 1.54) is 49.9 Å². The van der Waals surface area contributed by atoms with Gasteiger partial charge in [0.1, 0.15) is 17.4 Å². The number of amides is 2. The molecule has 1 aromatic rings. The van der Waals surface area contributed by atoms with E-state index in [0.717, 1.165) is 44.3 Å². The highest BCUT2D eigenvalue weighted by Gasteiger charge is 2.44. The fourth-order valence-corrected chi connectivity index (χ4v) is 6.88. The van der Waals surface area contributed by atoms with Crippen LogP contribution in [0.3, 0.4) is 0 Å². The molecule has 2 saturated heterocycles. The summed E-state index contributed by atoms with van der Waals surface area (Å²) in [6, 6.07) is 6.82. The van der Waals surface area contributed by atoms with E-state index in [9.17, 15) is 14.0 Å². The fourth-order valence-electron chi connectivity index (χ4n) is 5.74. The molecule has 184 valence electrons. The van der Waals surface area contributed by atoms with Gasteiger partial charge in [-0.1, -0.05) is 50.3 Å². The predicted octanol–water partition coefficient (Wildman–Crippen LogP) is 3.59. The Morgan fingerprint density at radius 1 is 1.03 bits per heavy atom. The monoisotopic (exact) mass is 486 g/mol. The molecule has 8 heteroatoms. The standard InChI is InChI=1S/C26H35FN4O2S/c27-21-11-7-6-10-19(21)20-16-34-23-22(20)29-26(30-25(23)33)31-14-12-17(13-15-31)24(32)28-18-8-4-2-1-3-5-9-18/h6-7,10-11,16-18,22-23,26,29H,1-5,8-9,12-15H2,(H,28,32)(H,30,33). The summed E-state index contributed by atoms with van der Waals surface area (Å²) >= 11 is 1.44. The number of hydrogen-bond acceptors (Lipinski definition) is 5. The van der Waals surface area contributed by atoms with Crippen molar-refractivity contribution in [1.29, 1.82) is 0 Å². The quantitative estimate of drug-likeness (QED) is 0.607. The zero-order chi connectivity index (χ0) is 23.5. The van der Waals surface area contributed by atoms with Crippen LogP contribution in [-0.4, -0.2) is 53.4 Å². The molecule has 3 aliphatic heterocycles. The summed E-state index contributed by atoms with van der Waals surface area (Å²) in [6.07, 6.45) is 9.75. The minimum absolute atomic E-state index is 0.0227. The van der Waals surface area contributed by atoms with Crippen molar-refractivity contribution in [1.82, 2.24) is 20.9 Å². The lowest BCUT2D eigenvalue weighted by Crippen LogP contribution is -2.68. The summed E-state index contributed by atoms with van der Waals surface area (Å²) < 4.78 is 14.5.